The lowest BCUT2D eigenvalue weighted by Gasteiger charge is -2.40. The molecule has 1 saturated heterocycles. The lowest BCUT2D eigenvalue weighted by Crippen LogP contribution is -2.44. The van der Waals surface area contributed by atoms with Gasteiger partial charge in [-0.1, -0.05) is 15.9 Å². The maximum Gasteiger partial charge on any atom is 0.410 e. The van der Waals surface area contributed by atoms with Crippen molar-refractivity contribution in [3.8, 4) is 0 Å². The highest BCUT2D eigenvalue weighted by Crippen LogP contribution is 2.49. The SMILES string of the molecule is CC(C)(C)OC(=O)N1CCC2(CC[C@@H](CBr)C2)CC1. The van der Waals surface area contributed by atoms with Crippen LogP contribution in [0.3, 0.4) is 0 Å². The molecule has 1 spiro atoms. The van der Waals surface area contributed by atoms with E-state index in [9.17, 15) is 4.79 Å². The van der Waals surface area contributed by atoms with E-state index in [-0.39, 0.29) is 11.7 Å². The first-order valence-electron chi connectivity index (χ1n) is 7.37. The number of likely N-dealkylation sites (tertiary alicyclic amines) is 1. The fourth-order valence-corrected chi connectivity index (χ4v) is 3.96. The first kappa shape index (κ1) is 15.1. The van der Waals surface area contributed by atoms with Crippen LogP contribution in [0.5, 0.6) is 0 Å². The number of rotatable bonds is 1. The van der Waals surface area contributed by atoms with Gasteiger partial charge in [0.05, 0.1) is 0 Å². The Bertz CT molecular complexity index is 330. The summed E-state index contributed by atoms with van der Waals surface area (Å²) in [5.41, 5.74) is 0.123. The number of amides is 1. The molecule has 110 valence electrons. The largest absolute Gasteiger partial charge is 0.444 e. The van der Waals surface area contributed by atoms with Crippen molar-refractivity contribution < 1.29 is 9.53 Å². The van der Waals surface area contributed by atoms with E-state index >= 15 is 0 Å². The minimum absolute atomic E-state index is 0.141. The zero-order valence-corrected chi connectivity index (χ0v) is 14.0. The molecule has 0 unspecified atom stereocenters. The standard InChI is InChI=1S/C15H26BrNO2/c1-14(2,3)19-13(18)17-8-6-15(7-9-17)5-4-12(10-15)11-16/h12H,4-11H2,1-3H3/t12-/m1/s1. The summed E-state index contributed by atoms with van der Waals surface area (Å²) in [6.45, 7) is 7.50. The van der Waals surface area contributed by atoms with E-state index in [0.29, 0.717) is 5.41 Å². The number of ether oxygens (including phenoxy) is 1. The second-order valence-electron chi connectivity index (χ2n) is 7.23. The molecule has 2 rings (SSSR count). The molecule has 0 aromatic rings. The smallest absolute Gasteiger partial charge is 0.410 e. The Morgan fingerprint density at radius 3 is 2.42 bits per heavy atom. The normalized spacial score (nSPS) is 26.7. The van der Waals surface area contributed by atoms with Gasteiger partial charge in [0.25, 0.3) is 0 Å². The fourth-order valence-electron chi connectivity index (χ4n) is 3.40. The molecule has 2 aliphatic rings. The maximum atomic E-state index is 12.0. The molecular formula is C15H26BrNO2. The van der Waals surface area contributed by atoms with E-state index < -0.39 is 0 Å². The third-order valence-electron chi connectivity index (χ3n) is 4.50. The number of hydrogen-bond donors (Lipinski definition) is 0. The van der Waals surface area contributed by atoms with E-state index in [2.05, 4.69) is 15.9 Å². The Labute approximate surface area is 125 Å². The second-order valence-corrected chi connectivity index (χ2v) is 7.88. The summed E-state index contributed by atoms with van der Waals surface area (Å²) in [7, 11) is 0. The number of alkyl halides is 1. The lowest BCUT2D eigenvalue weighted by molar-refractivity contribution is 0.0104. The highest BCUT2D eigenvalue weighted by atomic mass is 79.9. The summed E-state index contributed by atoms with van der Waals surface area (Å²) in [4.78, 5) is 13.9. The molecular weight excluding hydrogens is 306 g/mol. The molecule has 1 aliphatic heterocycles. The first-order chi connectivity index (χ1) is 8.84. The van der Waals surface area contributed by atoms with Crippen LogP contribution in [0.25, 0.3) is 0 Å². The van der Waals surface area contributed by atoms with Crippen molar-refractivity contribution in [1.29, 1.82) is 0 Å². The van der Waals surface area contributed by atoms with Crippen molar-refractivity contribution >= 4 is 22.0 Å². The molecule has 4 heteroatoms. The zero-order chi connectivity index (χ0) is 14.1. The van der Waals surface area contributed by atoms with Gasteiger partial charge in [0, 0.05) is 18.4 Å². The van der Waals surface area contributed by atoms with Crippen molar-refractivity contribution in [1.82, 2.24) is 4.90 Å². The van der Waals surface area contributed by atoms with E-state index in [0.717, 1.165) is 37.2 Å². The van der Waals surface area contributed by atoms with Gasteiger partial charge >= 0.3 is 6.09 Å². The van der Waals surface area contributed by atoms with Crippen LogP contribution in [0.4, 0.5) is 4.79 Å². The number of nitrogens with zero attached hydrogens (tertiary/aromatic N) is 1. The molecule has 0 bridgehead atoms. The van der Waals surface area contributed by atoms with Gasteiger partial charge in [-0.2, -0.15) is 0 Å². The summed E-state index contributed by atoms with van der Waals surface area (Å²) in [6, 6.07) is 0. The highest BCUT2D eigenvalue weighted by Gasteiger charge is 2.42. The van der Waals surface area contributed by atoms with Crippen LogP contribution in [-0.4, -0.2) is 35.0 Å². The molecule has 0 radical (unpaired) electrons. The van der Waals surface area contributed by atoms with Gasteiger partial charge in [0.15, 0.2) is 0 Å². The molecule has 3 nitrogen and oxygen atoms in total. The summed E-state index contributed by atoms with van der Waals surface area (Å²) >= 11 is 3.61. The van der Waals surface area contributed by atoms with Crippen molar-refractivity contribution in [3.63, 3.8) is 0 Å². The quantitative estimate of drug-likeness (QED) is 0.674. The number of halogens is 1. The second kappa shape index (κ2) is 5.63. The third-order valence-corrected chi connectivity index (χ3v) is 5.41. The van der Waals surface area contributed by atoms with E-state index in [1.54, 1.807) is 0 Å². The van der Waals surface area contributed by atoms with Gasteiger partial charge in [0.2, 0.25) is 0 Å². The Hall–Kier alpha value is -0.250. The monoisotopic (exact) mass is 331 g/mol. The van der Waals surface area contributed by atoms with Gasteiger partial charge < -0.3 is 9.64 Å². The van der Waals surface area contributed by atoms with Crippen molar-refractivity contribution in [2.45, 2.75) is 58.5 Å². The molecule has 1 aliphatic carbocycles. The van der Waals surface area contributed by atoms with Crippen LogP contribution in [0, 0.1) is 11.3 Å². The fraction of sp³-hybridized carbons (Fsp3) is 0.933. The van der Waals surface area contributed by atoms with E-state index in [1.165, 1.54) is 19.3 Å². The predicted octanol–water partition coefficient (Wildman–Crippen LogP) is 4.20. The van der Waals surface area contributed by atoms with E-state index in [1.807, 2.05) is 25.7 Å². The highest BCUT2D eigenvalue weighted by molar-refractivity contribution is 9.09. The number of piperidine rings is 1. The molecule has 0 N–H and O–H groups in total. The minimum Gasteiger partial charge on any atom is -0.444 e. The average Bonchev–Trinajstić information content (AvgIpc) is 2.71. The number of carbonyl (C=O) groups is 1. The lowest BCUT2D eigenvalue weighted by atomic mass is 9.76. The van der Waals surface area contributed by atoms with Gasteiger partial charge in [-0.05, 0) is 64.2 Å². The minimum atomic E-state index is -0.388. The summed E-state index contributed by atoms with van der Waals surface area (Å²) in [5.74, 6) is 0.841. The Morgan fingerprint density at radius 1 is 1.32 bits per heavy atom. The molecule has 0 aromatic heterocycles. The summed E-state index contributed by atoms with van der Waals surface area (Å²) in [5, 5.41) is 1.13. The number of carbonyl (C=O) groups excluding carboxylic acids is 1. The zero-order valence-electron chi connectivity index (χ0n) is 12.4. The molecule has 0 aromatic carbocycles. The molecule has 2 fully saturated rings. The topological polar surface area (TPSA) is 29.5 Å². The van der Waals surface area contributed by atoms with Crippen LogP contribution < -0.4 is 0 Å². The predicted molar refractivity (Wildman–Crippen MR) is 80.6 cm³/mol. The van der Waals surface area contributed by atoms with Gasteiger partial charge in [0.1, 0.15) is 5.60 Å². The molecule has 1 amide bonds. The van der Waals surface area contributed by atoms with Gasteiger partial charge in [-0.25, -0.2) is 4.79 Å². The summed E-state index contributed by atoms with van der Waals surface area (Å²) in [6.07, 6.45) is 6.17. The van der Waals surface area contributed by atoms with Crippen LogP contribution in [-0.2, 0) is 4.74 Å². The van der Waals surface area contributed by atoms with Crippen molar-refractivity contribution in [2.75, 3.05) is 18.4 Å². The van der Waals surface area contributed by atoms with Crippen LogP contribution in [0.2, 0.25) is 0 Å². The summed E-state index contributed by atoms with van der Waals surface area (Å²) < 4.78 is 5.45. The third kappa shape index (κ3) is 3.87. The Morgan fingerprint density at radius 2 is 1.95 bits per heavy atom. The van der Waals surface area contributed by atoms with Gasteiger partial charge in [-0.15, -0.1) is 0 Å². The van der Waals surface area contributed by atoms with E-state index in [4.69, 9.17) is 4.74 Å². The van der Waals surface area contributed by atoms with Crippen LogP contribution >= 0.6 is 15.9 Å². The van der Waals surface area contributed by atoms with Crippen LogP contribution in [0.15, 0.2) is 0 Å². The molecule has 1 atom stereocenters. The van der Waals surface area contributed by atoms with Gasteiger partial charge in [-0.3, -0.25) is 0 Å². The maximum absolute atomic E-state index is 12.0. The molecule has 1 saturated carbocycles. The van der Waals surface area contributed by atoms with Crippen LogP contribution in [0.1, 0.15) is 52.9 Å². The number of hydrogen-bond acceptors (Lipinski definition) is 2. The van der Waals surface area contributed by atoms with Crippen molar-refractivity contribution in [3.05, 3.63) is 0 Å². The molecule has 19 heavy (non-hydrogen) atoms. The van der Waals surface area contributed by atoms with Crippen molar-refractivity contribution in [2.24, 2.45) is 11.3 Å². The molecule has 1 heterocycles. The Balaban J connectivity index is 1.84. The average molecular weight is 332 g/mol. The first-order valence-corrected chi connectivity index (χ1v) is 8.50. The Kier molecular flexibility index (Phi) is 4.49.